The van der Waals surface area contributed by atoms with Crippen molar-refractivity contribution in [2.45, 2.75) is 51.0 Å². The van der Waals surface area contributed by atoms with Crippen LogP contribution in [0.2, 0.25) is 0 Å². The van der Waals surface area contributed by atoms with Gasteiger partial charge in [0.25, 0.3) is 0 Å². The van der Waals surface area contributed by atoms with Crippen molar-refractivity contribution in [3.05, 3.63) is 53.3 Å². The topological polar surface area (TPSA) is 94.0 Å². The van der Waals surface area contributed by atoms with Gasteiger partial charge in [0.05, 0.1) is 17.9 Å². The van der Waals surface area contributed by atoms with E-state index in [-0.39, 0.29) is 30.1 Å². The second-order valence-electron chi connectivity index (χ2n) is 8.96. The number of anilines is 1. The zero-order valence-electron chi connectivity index (χ0n) is 18.8. The number of nitriles is 1. The number of nitrogens with zero attached hydrogens (tertiary/aromatic N) is 1. The van der Waals surface area contributed by atoms with Gasteiger partial charge < -0.3 is 16.0 Å². The summed E-state index contributed by atoms with van der Waals surface area (Å²) >= 11 is 0. The second kappa shape index (κ2) is 10.1. The number of amides is 2. The molecule has 0 saturated carbocycles. The molecule has 3 atom stereocenters. The number of nitrogens with one attached hydrogen (secondary N) is 3. The van der Waals surface area contributed by atoms with E-state index in [2.05, 4.69) is 22.0 Å². The molecule has 1 saturated heterocycles. The Bertz CT molecular complexity index is 1090. The van der Waals surface area contributed by atoms with E-state index >= 15 is 0 Å². The summed E-state index contributed by atoms with van der Waals surface area (Å²) in [7, 11) is 0. The number of fused-ring (bicyclic) bond motifs is 1. The van der Waals surface area contributed by atoms with Crippen molar-refractivity contribution in [1.29, 1.82) is 5.26 Å². The second-order valence-corrected chi connectivity index (χ2v) is 8.96. The highest BCUT2D eigenvalue weighted by molar-refractivity contribution is 6.03. The van der Waals surface area contributed by atoms with Gasteiger partial charge in [0.2, 0.25) is 11.8 Å². The van der Waals surface area contributed by atoms with E-state index in [0.29, 0.717) is 17.7 Å². The predicted octanol–water partition coefficient (Wildman–Crippen LogP) is 3.88. The molecule has 1 unspecified atom stereocenters. The monoisotopic (exact) mass is 448 g/mol. The number of hydrogen-bond donors (Lipinski definition) is 3. The molecule has 2 aliphatic heterocycles. The number of halogens is 1. The molecule has 172 valence electrons. The Morgan fingerprint density at radius 1 is 1.21 bits per heavy atom. The lowest BCUT2D eigenvalue weighted by Gasteiger charge is -2.21. The van der Waals surface area contributed by atoms with Crippen molar-refractivity contribution in [1.82, 2.24) is 10.6 Å². The lowest BCUT2D eigenvalue weighted by molar-refractivity contribution is -0.125. The third-order valence-corrected chi connectivity index (χ3v) is 6.62. The molecule has 33 heavy (non-hydrogen) atoms. The average Bonchev–Trinajstić information content (AvgIpc) is 3.07. The number of benzene rings is 2. The molecule has 2 heterocycles. The summed E-state index contributed by atoms with van der Waals surface area (Å²) in [5.41, 5.74) is 3.60. The van der Waals surface area contributed by atoms with Crippen molar-refractivity contribution in [3.63, 3.8) is 0 Å². The van der Waals surface area contributed by atoms with E-state index in [1.165, 1.54) is 6.07 Å². The van der Waals surface area contributed by atoms with Crippen LogP contribution >= 0.6 is 0 Å². The van der Waals surface area contributed by atoms with Crippen LogP contribution in [0.25, 0.3) is 11.1 Å². The van der Waals surface area contributed by atoms with Crippen LogP contribution in [0, 0.1) is 23.1 Å². The van der Waals surface area contributed by atoms with Crippen molar-refractivity contribution in [3.8, 4) is 17.2 Å². The number of carbonyl (C=O) groups excluding carboxylic acids is 2. The summed E-state index contributed by atoms with van der Waals surface area (Å²) in [4.78, 5) is 24.6. The lowest BCUT2D eigenvalue weighted by atomic mass is 9.95. The highest BCUT2D eigenvalue weighted by Gasteiger charge is 2.27. The van der Waals surface area contributed by atoms with Gasteiger partial charge in [0.15, 0.2) is 0 Å². The van der Waals surface area contributed by atoms with Gasteiger partial charge in [0, 0.05) is 18.7 Å². The van der Waals surface area contributed by atoms with E-state index in [4.69, 9.17) is 0 Å². The molecule has 2 amide bonds. The maximum Gasteiger partial charge on any atom is 0.231 e. The fourth-order valence-electron chi connectivity index (χ4n) is 4.55. The zero-order chi connectivity index (χ0) is 23.4. The van der Waals surface area contributed by atoms with Gasteiger partial charge in [-0.1, -0.05) is 31.0 Å². The minimum atomic E-state index is -0.791. The Morgan fingerprint density at radius 3 is 2.79 bits per heavy atom. The first kappa shape index (κ1) is 22.9. The van der Waals surface area contributed by atoms with Gasteiger partial charge in [-0.25, -0.2) is 4.39 Å². The van der Waals surface area contributed by atoms with Gasteiger partial charge >= 0.3 is 0 Å². The molecule has 4 rings (SSSR count). The molecule has 2 aromatic rings. The molecule has 0 aliphatic carbocycles. The molecule has 6 nitrogen and oxygen atoms in total. The van der Waals surface area contributed by atoms with Gasteiger partial charge in [-0.3, -0.25) is 9.59 Å². The molecule has 3 N–H and O–H groups in total. The first-order valence-corrected chi connectivity index (χ1v) is 11.6. The molecule has 7 heteroatoms. The smallest absolute Gasteiger partial charge is 0.231 e. The van der Waals surface area contributed by atoms with Gasteiger partial charge in [0.1, 0.15) is 11.9 Å². The number of carbonyl (C=O) groups is 2. The van der Waals surface area contributed by atoms with Crippen molar-refractivity contribution in [2.24, 2.45) is 5.92 Å². The Morgan fingerprint density at radius 2 is 2.00 bits per heavy atom. The third-order valence-electron chi connectivity index (χ3n) is 6.62. The molecule has 2 aliphatic rings. The van der Waals surface area contributed by atoms with Gasteiger partial charge in [-0.2, -0.15) is 5.26 Å². The maximum atomic E-state index is 14.9. The Kier molecular flexibility index (Phi) is 7.05. The van der Waals surface area contributed by atoms with Crippen molar-refractivity contribution < 1.29 is 14.0 Å². The molecular weight excluding hydrogens is 419 g/mol. The van der Waals surface area contributed by atoms with Crippen LogP contribution in [0.15, 0.2) is 36.4 Å². The highest BCUT2D eigenvalue weighted by Crippen LogP contribution is 2.35. The van der Waals surface area contributed by atoms with Crippen molar-refractivity contribution >= 4 is 17.5 Å². The summed E-state index contributed by atoms with van der Waals surface area (Å²) in [6.45, 7) is 3.35. The van der Waals surface area contributed by atoms with Crippen LogP contribution in [-0.4, -0.2) is 30.9 Å². The van der Waals surface area contributed by atoms with E-state index in [1.54, 1.807) is 6.07 Å². The number of hydrogen-bond acceptors (Lipinski definition) is 4. The highest BCUT2D eigenvalue weighted by atomic mass is 19.1. The third kappa shape index (κ3) is 5.23. The predicted molar refractivity (Wildman–Crippen MR) is 125 cm³/mol. The van der Waals surface area contributed by atoms with Crippen LogP contribution in [0.5, 0.6) is 0 Å². The standard InChI is InChI=1S/C26H29FN4O2/c1-16-22-12-17(8-9-24(22)31-25(16)32)18-6-7-19(23(27)13-18)11-21(14-28)30-26(33)20-5-3-2-4-10-29-15-20/h6-9,12-13,16,20-21,29H,2-5,10-11,15H2,1H3,(H,30,33)(H,31,32)/t16?,20-,21-/m0/s1. The van der Waals surface area contributed by atoms with Gasteiger partial charge in [-0.05, 0) is 66.8 Å². The van der Waals surface area contributed by atoms with Crippen LogP contribution in [0.1, 0.15) is 49.7 Å². The fraction of sp³-hybridized carbons (Fsp3) is 0.423. The van der Waals surface area contributed by atoms with E-state index < -0.39 is 11.9 Å². The van der Waals surface area contributed by atoms with Crippen LogP contribution in [-0.2, 0) is 16.0 Å². The number of rotatable bonds is 5. The first-order valence-electron chi connectivity index (χ1n) is 11.6. The summed E-state index contributed by atoms with van der Waals surface area (Å²) in [5, 5.41) is 18.5. The van der Waals surface area contributed by atoms with E-state index in [1.807, 2.05) is 31.2 Å². The van der Waals surface area contributed by atoms with Crippen molar-refractivity contribution in [2.75, 3.05) is 18.4 Å². The molecule has 0 radical (unpaired) electrons. The fourth-order valence-corrected chi connectivity index (χ4v) is 4.55. The molecule has 0 aromatic heterocycles. The zero-order valence-corrected chi connectivity index (χ0v) is 18.8. The maximum absolute atomic E-state index is 14.9. The van der Waals surface area contributed by atoms with E-state index in [9.17, 15) is 19.2 Å². The normalized spacial score (nSPS) is 21.2. The quantitative estimate of drug-likeness (QED) is 0.647. The first-order chi connectivity index (χ1) is 16.0. The van der Waals surface area contributed by atoms with Gasteiger partial charge in [-0.15, -0.1) is 0 Å². The summed E-state index contributed by atoms with van der Waals surface area (Å²) in [5.74, 6) is -1.02. The van der Waals surface area contributed by atoms with Crippen LogP contribution < -0.4 is 16.0 Å². The Labute approximate surface area is 193 Å². The van der Waals surface area contributed by atoms with Crippen LogP contribution in [0.3, 0.4) is 0 Å². The molecule has 0 bridgehead atoms. The molecule has 1 fully saturated rings. The summed E-state index contributed by atoms with van der Waals surface area (Å²) < 4.78 is 14.9. The molecular formula is C26H29FN4O2. The summed E-state index contributed by atoms with van der Waals surface area (Å²) in [6, 6.07) is 11.8. The molecule has 0 spiro atoms. The molecule has 2 aromatic carbocycles. The SMILES string of the molecule is CC1C(=O)Nc2ccc(-c3ccc(C[C@@H](C#N)NC(=O)[C@H]4CCCCCNC4)c(F)c3)cc21. The van der Waals surface area contributed by atoms with Crippen LogP contribution in [0.4, 0.5) is 10.1 Å². The average molecular weight is 449 g/mol. The largest absolute Gasteiger partial charge is 0.340 e. The van der Waals surface area contributed by atoms with E-state index in [0.717, 1.165) is 49.0 Å². The minimum Gasteiger partial charge on any atom is -0.340 e. The Hall–Kier alpha value is -3.24. The lowest BCUT2D eigenvalue weighted by Crippen LogP contribution is -2.43. The minimum absolute atomic E-state index is 0.0385. The summed E-state index contributed by atoms with van der Waals surface area (Å²) in [6.07, 6.45) is 4.10. The Balaban J connectivity index is 1.44.